The molecule has 40 heavy (non-hydrogen) atoms. The van der Waals surface area contributed by atoms with Crippen LogP contribution < -0.4 is 5.32 Å². The van der Waals surface area contributed by atoms with Crippen LogP contribution in [0.4, 0.5) is 17.3 Å². The van der Waals surface area contributed by atoms with Crippen LogP contribution in [0, 0.1) is 10.1 Å². The minimum Gasteiger partial charge on any atom is -0.324 e. The van der Waals surface area contributed by atoms with E-state index in [0.29, 0.717) is 0 Å². The van der Waals surface area contributed by atoms with Crippen molar-refractivity contribution >= 4 is 71.5 Å². The van der Waals surface area contributed by atoms with Crippen molar-refractivity contribution in [3.8, 4) is 0 Å². The van der Waals surface area contributed by atoms with Gasteiger partial charge in [-0.05, 0) is 30.2 Å². The molecule has 16 nitrogen and oxygen atoms in total. The Morgan fingerprint density at radius 1 is 1.02 bits per heavy atom. The van der Waals surface area contributed by atoms with Crippen LogP contribution in [0.2, 0.25) is 5.02 Å². The summed E-state index contributed by atoms with van der Waals surface area (Å²) >= 11 is 6.90. The molecule has 2 aromatic carbocycles. The fourth-order valence-electron chi connectivity index (χ4n) is 2.93. The van der Waals surface area contributed by atoms with Gasteiger partial charge in [0.05, 0.1) is 15.6 Å². The Kier molecular flexibility index (Phi) is 11.8. The molecule has 0 radical (unpaired) electrons. The van der Waals surface area contributed by atoms with E-state index in [1.165, 1.54) is 36.4 Å². The summed E-state index contributed by atoms with van der Waals surface area (Å²) in [6, 6.07) is 9.67. The molecule has 0 aliphatic heterocycles. The molecule has 3 rings (SSSR count). The lowest BCUT2D eigenvalue weighted by Crippen LogP contribution is -2.09. The minimum atomic E-state index is -4.52. The van der Waals surface area contributed by atoms with Gasteiger partial charge in [-0.25, -0.2) is 4.98 Å². The Bertz CT molecular complexity index is 1720. The van der Waals surface area contributed by atoms with Gasteiger partial charge in [-0.1, -0.05) is 41.6 Å². The van der Waals surface area contributed by atoms with Gasteiger partial charge in [-0.15, -0.1) is 12.6 Å². The highest BCUT2D eigenvalue weighted by Crippen LogP contribution is 2.29. The van der Waals surface area contributed by atoms with Crippen molar-refractivity contribution in [2.45, 2.75) is 22.9 Å². The van der Waals surface area contributed by atoms with Crippen LogP contribution in [0.1, 0.15) is 17.8 Å². The monoisotopic (exact) mass is 655 g/mol. The van der Waals surface area contributed by atoms with Crippen LogP contribution in [0.15, 0.2) is 52.5 Å². The molecule has 1 aromatic heterocycles. The minimum absolute atomic E-state index is 0.0294. The molecule has 3 N–H and O–H groups in total. The SMILES string of the molecule is O=S(=O)=O.O=[N+]([O-])c1cc(Nc2nc(Cc3ccccc3S(=O)(=O)O)nc(SCCCS(=O)(=O)O)n2)ccc1Cl. The predicted molar refractivity (Wildman–Crippen MR) is 142 cm³/mol. The number of nitro benzene ring substituents is 1. The fourth-order valence-corrected chi connectivity index (χ4v) is 5.33. The second kappa shape index (κ2) is 14.4. The first kappa shape index (κ1) is 32.9. The number of halogens is 1. The molecule has 0 aliphatic carbocycles. The van der Waals surface area contributed by atoms with Crippen LogP contribution in [0.25, 0.3) is 0 Å². The van der Waals surface area contributed by atoms with Crippen LogP contribution >= 0.6 is 23.4 Å². The Morgan fingerprint density at radius 3 is 2.27 bits per heavy atom. The summed E-state index contributed by atoms with van der Waals surface area (Å²) in [4.78, 5) is 22.9. The van der Waals surface area contributed by atoms with E-state index in [4.69, 9.17) is 28.8 Å². The number of hydrogen-bond acceptors (Lipinski definition) is 14. The lowest BCUT2D eigenvalue weighted by atomic mass is 10.1. The summed E-state index contributed by atoms with van der Waals surface area (Å²) in [5, 5.41) is 14.1. The molecule has 0 fully saturated rings. The number of thioether (sulfide) groups is 1. The van der Waals surface area contributed by atoms with Crippen molar-refractivity contribution in [3.63, 3.8) is 0 Å². The zero-order valence-electron chi connectivity index (χ0n) is 19.7. The summed E-state index contributed by atoms with van der Waals surface area (Å²) in [5.74, 6) is -0.168. The lowest BCUT2D eigenvalue weighted by molar-refractivity contribution is -0.384. The zero-order chi connectivity index (χ0) is 30.1. The van der Waals surface area contributed by atoms with Gasteiger partial charge in [0.15, 0.2) is 5.16 Å². The number of nitro groups is 1. The summed E-state index contributed by atoms with van der Waals surface area (Å²) in [6.45, 7) is 0. The third-order valence-electron chi connectivity index (χ3n) is 4.44. The Morgan fingerprint density at radius 2 is 1.68 bits per heavy atom. The second-order valence-corrected chi connectivity index (χ2v) is 12.2. The molecule has 21 heteroatoms. The van der Waals surface area contributed by atoms with Gasteiger partial charge in [-0.2, -0.15) is 26.8 Å². The highest BCUT2D eigenvalue weighted by molar-refractivity contribution is 7.99. The molecule has 0 spiro atoms. The average molecular weight is 656 g/mol. The molecule has 216 valence electrons. The second-order valence-electron chi connectivity index (χ2n) is 7.36. The van der Waals surface area contributed by atoms with Crippen molar-refractivity contribution < 1.29 is 43.5 Å². The molecule has 0 saturated carbocycles. The maximum Gasteiger partial charge on any atom is 0.425 e. The quantitative estimate of drug-likeness (QED) is 0.0880. The molecule has 0 bridgehead atoms. The van der Waals surface area contributed by atoms with Crippen molar-refractivity contribution in [2.75, 3.05) is 16.8 Å². The van der Waals surface area contributed by atoms with E-state index in [2.05, 4.69) is 20.3 Å². The fraction of sp³-hybridized carbons (Fsp3) is 0.211. The van der Waals surface area contributed by atoms with Gasteiger partial charge in [-0.3, -0.25) is 19.2 Å². The molecule has 0 atom stereocenters. The third kappa shape index (κ3) is 11.5. The third-order valence-corrected chi connectivity index (χ3v) is 7.45. The van der Waals surface area contributed by atoms with Crippen molar-refractivity contribution in [1.82, 2.24) is 15.0 Å². The van der Waals surface area contributed by atoms with Gasteiger partial charge in [0, 0.05) is 23.9 Å². The molecular formula is C19H18ClN5O11S4. The van der Waals surface area contributed by atoms with E-state index in [-0.39, 0.29) is 62.4 Å². The van der Waals surface area contributed by atoms with E-state index >= 15 is 0 Å². The van der Waals surface area contributed by atoms with E-state index in [0.717, 1.165) is 11.8 Å². The summed E-state index contributed by atoms with van der Waals surface area (Å²) in [5.41, 5.74) is 0.100. The Hall–Kier alpha value is -3.27. The standard InChI is InChI=1S/C19H18ClN5O8S3.O3S/c20-14-7-6-13(11-15(14)25(26)27)21-18-22-17(10-12-4-1-2-5-16(12)36(31,32)33)23-19(24-18)34-8-3-9-35(28,29)30;1-4(2)3/h1-2,4-7,11H,3,8-10H2,(H,28,29,30)(H,31,32,33)(H,21,22,23,24);. The molecule has 1 heterocycles. The van der Waals surface area contributed by atoms with Crippen LogP contribution in [0.3, 0.4) is 0 Å². The van der Waals surface area contributed by atoms with Gasteiger partial charge in [0.2, 0.25) is 5.95 Å². The van der Waals surface area contributed by atoms with Gasteiger partial charge < -0.3 is 5.32 Å². The summed E-state index contributed by atoms with van der Waals surface area (Å²) in [7, 11) is -11.8. The maximum absolute atomic E-state index is 11.7. The number of rotatable bonds is 11. The predicted octanol–water partition coefficient (Wildman–Crippen LogP) is 2.38. The van der Waals surface area contributed by atoms with Gasteiger partial charge >= 0.3 is 10.6 Å². The number of aromatic nitrogens is 3. The first-order valence-corrected chi connectivity index (χ1v) is 15.8. The lowest BCUT2D eigenvalue weighted by Gasteiger charge is -2.10. The zero-order valence-corrected chi connectivity index (χ0v) is 23.8. The topological polar surface area (TPSA) is 254 Å². The van der Waals surface area contributed by atoms with Crippen LogP contribution in [-0.4, -0.2) is 69.9 Å². The van der Waals surface area contributed by atoms with E-state index in [1.54, 1.807) is 6.07 Å². The van der Waals surface area contributed by atoms with Crippen molar-refractivity contribution in [3.05, 3.63) is 69.0 Å². The number of anilines is 2. The number of benzene rings is 2. The first-order chi connectivity index (χ1) is 18.5. The summed E-state index contributed by atoms with van der Waals surface area (Å²) < 4.78 is 89.1. The molecular weight excluding hydrogens is 638 g/mol. The number of nitrogens with one attached hydrogen (secondary N) is 1. The largest absolute Gasteiger partial charge is 0.425 e. The normalized spacial score (nSPS) is 11.3. The molecule has 0 unspecified atom stereocenters. The van der Waals surface area contributed by atoms with Crippen molar-refractivity contribution in [2.24, 2.45) is 0 Å². The van der Waals surface area contributed by atoms with Crippen LogP contribution in [0.5, 0.6) is 0 Å². The first-order valence-electron chi connectivity index (χ1n) is 10.4. The molecule has 3 aromatic rings. The van der Waals surface area contributed by atoms with Crippen molar-refractivity contribution in [1.29, 1.82) is 0 Å². The Balaban J connectivity index is 0.00000131. The van der Waals surface area contributed by atoms with Crippen LogP contribution in [-0.2, 0) is 37.3 Å². The average Bonchev–Trinajstić information content (AvgIpc) is 2.81. The van der Waals surface area contributed by atoms with E-state index < -0.39 is 41.5 Å². The van der Waals surface area contributed by atoms with Gasteiger partial charge in [0.1, 0.15) is 10.8 Å². The number of hydrogen-bond donors (Lipinski definition) is 3. The smallest absolute Gasteiger partial charge is 0.324 e. The summed E-state index contributed by atoms with van der Waals surface area (Å²) in [6.07, 6.45) is -0.0191. The molecule has 0 amide bonds. The van der Waals surface area contributed by atoms with E-state index in [1.807, 2.05) is 0 Å². The van der Waals surface area contributed by atoms with Gasteiger partial charge in [0.25, 0.3) is 25.9 Å². The molecule has 0 saturated heterocycles. The molecule has 0 aliphatic rings. The number of nitrogens with zero attached hydrogens (tertiary/aromatic N) is 4. The maximum atomic E-state index is 11.7. The highest BCUT2D eigenvalue weighted by atomic mass is 35.5. The Labute approximate surface area is 237 Å². The van der Waals surface area contributed by atoms with E-state index in [9.17, 15) is 31.5 Å². The highest BCUT2D eigenvalue weighted by Gasteiger charge is 2.18.